The summed E-state index contributed by atoms with van der Waals surface area (Å²) in [5.41, 5.74) is 3.22. The van der Waals surface area contributed by atoms with E-state index in [4.69, 9.17) is 4.74 Å². The Labute approximate surface area is 148 Å². The highest BCUT2D eigenvalue weighted by atomic mass is 16.5. The van der Waals surface area contributed by atoms with Crippen LogP contribution in [0.2, 0.25) is 0 Å². The first-order valence-electron chi connectivity index (χ1n) is 8.49. The summed E-state index contributed by atoms with van der Waals surface area (Å²) in [6.45, 7) is 4.61. The van der Waals surface area contributed by atoms with E-state index in [1.807, 2.05) is 6.07 Å². The van der Waals surface area contributed by atoms with E-state index in [1.165, 1.54) is 11.1 Å². The van der Waals surface area contributed by atoms with E-state index in [2.05, 4.69) is 36.2 Å². The Hall–Kier alpha value is -2.53. The van der Waals surface area contributed by atoms with Gasteiger partial charge in [0, 0.05) is 17.8 Å². The fourth-order valence-corrected chi connectivity index (χ4v) is 3.49. The normalized spacial score (nSPS) is 20.0. The van der Waals surface area contributed by atoms with Crippen molar-refractivity contribution in [2.75, 3.05) is 19.0 Å². The molecule has 0 radical (unpaired) electrons. The first-order valence-corrected chi connectivity index (χ1v) is 8.49. The summed E-state index contributed by atoms with van der Waals surface area (Å²) in [6, 6.07) is 13.1. The van der Waals surface area contributed by atoms with Crippen molar-refractivity contribution in [1.82, 2.24) is 4.90 Å². The number of anilines is 1. The third kappa shape index (κ3) is 3.77. The maximum atomic E-state index is 12.4. The van der Waals surface area contributed by atoms with Gasteiger partial charge in [-0.15, -0.1) is 0 Å². The number of methoxy groups -OCH3 is 1. The van der Waals surface area contributed by atoms with Crippen LogP contribution in [0.1, 0.15) is 31.0 Å². The third-order valence-electron chi connectivity index (χ3n) is 4.86. The van der Waals surface area contributed by atoms with E-state index in [0.717, 1.165) is 12.2 Å². The van der Waals surface area contributed by atoms with Crippen LogP contribution in [0, 0.1) is 0 Å². The molecule has 0 fully saturated rings. The molecule has 1 aliphatic heterocycles. The SMILES string of the molecule is COc1ccc2c(c1)CC(C)N(CC(=O)Nc1ccc(O)cc1)C2C. The van der Waals surface area contributed by atoms with Gasteiger partial charge < -0.3 is 15.2 Å². The molecule has 5 nitrogen and oxygen atoms in total. The number of aromatic hydroxyl groups is 1. The number of carbonyl (C=O) groups is 1. The van der Waals surface area contributed by atoms with Gasteiger partial charge in [0.1, 0.15) is 11.5 Å². The molecule has 2 aromatic rings. The number of amides is 1. The molecule has 2 aromatic carbocycles. The lowest BCUT2D eigenvalue weighted by Crippen LogP contribution is -2.45. The Morgan fingerprint density at radius 3 is 2.64 bits per heavy atom. The van der Waals surface area contributed by atoms with E-state index in [0.29, 0.717) is 12.2 Å². The van der Waals surface area contributed by atoms with Crippen molar-refractivity contribution >= 4 is 11.6 Å². The standard InChI is InChI=1S/C20H24N2O3/c1-13-10-15-11-18(25-3)8-9-19(15)14(2)22(13)12-20(24)21-16-4-6-17(23)7-5-16/h4-9,11,13-14,23H,10,12H2,1-3H3,(H,21,24). The zero-order chi connectivity index (χ0) is 18.0. The van der Waals surface area contributed by atoms with Crippen LogP contribution in [0.4, 0.5) is 5.69 Å². The molecule has 0 saturated carbocycles. The minimum absolute atomic E-state index is 0.0543. The Balaban J connectivity index is 1.71. The van der Waals surface area contributed by atoms with E-state index >= 15 is 0 Å². The summed E-state index contributed by atoms with van der Waals surface area (Å²) < 4.78 is 5.32. The van der Waals surface area contributed by atoms with Gasteiger partial charge in [-0.1, -0.05) is 6.07 Å². The molecule has 0 aromatic heterocycles. The molecule has 1 amide bonds. The highest BCUT2D eigenvalue weighted by Crippen LogP contribution is 2.34. The number of phenolic OH excluding ortho intramolecular Hbond substituents is 1. The van der Waals surface area contributed by atoms with Crippen LogP contribution in [0.3, 0.4) is 0 Å². The molecule has 0 aliphatic carbocycles. The number of benzene rings is 2. The van der Waals surface area contributed by atoms with Crippen LogP contribution in [0.25, 0.3) is 0 Å². The quantitative estimate of drug-likeness (QED) is 0.838. The fraction of sp³-hybridized carbons (Fsp3) is 0.350. The molecule has 25 heavy (non-hydrogen) atoms. The molecule has 2 N–H and O–H groups in total. The predicted octanol–water partition coefficient (Wildman–Crippen LogP) is 3.35. The van der Waals surface area contributed by atoms with Crippen LogP contribution in [0.15, 0.2) is 42.5 Å². The minimum atomic E-state index is -0.0543. The van der Waals surface area contributed by atoms with Gasteiger partial charge in [-0.05, 0) is 67.8 Å². The van der Waals surface area contributed by atoms with Crippen LogP contribution in [-0.4, -0.2) is 35.6 Å². The van der Waals surface area contributed by atoms with E-state index in [-0.39, 0.29) is 23.7 Å². The van der Waals surface area contributed by atoms with Crippen LogP contribution in [0.5, 0.6) is 11.5 Å². The van der Waals surface area contributed by atoms with E-state index < -0.39 is 0 Å². The van der Waals surface area contributed by atoms with Gasteiger partial charge >= 0.3 is 0 Å². The number of nitrogens with zero attached hydrogens (tertiary/aromatic N) is 1. The summed E-state index contributed by atoms with van der Waals surface area (Å²) in [5.74, 6) is 1.00. The summed E-state index contributed by atoms with van der Waals surface area (Å²) in [5, 5.41) is 12.2. The first-order chi connectivity index (χ1) is 12.0. The van der Waals surface area contributed by atoms with Crippen molar-refractivity contribution in [3.05, 3.63) is 53.6 Å². The average Bonchev–Trinajstić information content (AvgIpc) is 2.60. The number of rotatable bonds is 4. The second kappa shape index (κ2) is 7.15. The number of nitrogens with one attached hydrogen (secondary N) is 1. The minimum Gasteiger partial charge on any atom is -0.508 e. The second-order valence-electron chi connectivity index (χ2n) is 6.56. The molecule has 2 unspecified atom stereocenters. The molecule has 0 bridgehead atoms. The van der Waals surface area contributed by atoms with Crippen LogP contribution < -0.4 is 10.1 Å². The van der Waals surface area contributed by atoms with Gasteiger partial charge in [-0.2, -0.15) is 0 Å². The smallest absolute Gasteiger partial charge is 0.238 e. The molecular formula is C20H24N2O3. The molecule has 2 atom stereocenters. The molecule has 3 rings (SSSR count). The highest BCUT2D eigenvalue weighted by Gasteiger charge is 2.30. The van der Waals surface area contributed by atoms with Crippen LogP contribution in [-0.2, 0) is 11.2 Å². The molecule has 132 valence electrons. The largest absolute Gasteiger partial charge is 0.508 e. The highest BCUT2D eigenvalue weighted by molar-refractivity contribution is 5.92. The maximum Gasteiger partial charge on any atom is 0.238 e. The summed E-state index contributed by atoms with van der Waals surface area (Å²) in [6.07, 6.45) is 0.892. The van der Waals surface area contributed by atoms with E-state index in [1.54, 1.807) is 31.4 Å². The van der Waals surface area contributed by atoms with Gasteiger partial charge in [0.25, 0.3) is 0 Å². The predicted molar refractivity (Wildman–Crippen MR) is 98.0 cm³/mol. The lowest BCUT2D eigenvalue weighted by molar-refractivity contribution is -0.118. The van der Waals surface area contributed by atoms with Gasteiger partial charge in [-0.3, -0.25) is 9.69 Å². The van der Waals surface area contributed by atoms with Crippen molar-refractivity contribution in [3.8, 4) is 11.5 Å². The van der Waals surface area contributed by atoms with Crippen molar-refractivity contribution in [2.45, 2.75) is 32.4 Å². The molecule has 1 heterocycles. The van der Waals surface area contributed by atoms with Crippen molar-refractivity contribution in [1.29, 1.82) is 0 Å². The zero-order valence-electron chi connectivity index (χ0n) is 14.8. The Morgan fingerprint density at radius 1 is 1.24 bits per heavy atom. The number of carbonyl (C=O) groups excluding carboxylic acids is 1. The number of ether oxygens (including phenoxy) is 1. The topological polar surface area (TPSA) is 61.8 Å². The third-order valence-corrected chi connectivity index (χ3v) is 4.86. The molecule has 0 saturated heterocycles. The Morgan fingerprint density at radius 2 is 1.96 bits per heavy atom. The van der Waals surface area contributed by atoms with Crippen molar-refractivity contribution in [2.24, 2.45) is 0 Å². The lowest BCUT2D eigenvalue weighted by Gasteiger charge is -2.40. The van der Waals surface area contributed by atoms with Crippen molar-refractivity contribution < 1.29 is 14.6 Å². The van der Waals surface area contributed by atoms with E-state index in [9.17, 15) is 9.90 Å². The van der Waals surface area contributed by atoms with Gasteiger partial charge in [-0.25, -0.2) is 0 Å². The monoisotopic (exact) mass is 340 g/mol. The zero-order valence-corrected chi connectivity index (χ0v) is 14.8. The molecule has 5 heteroatoms. The molecule has 1 aliphatic rings. The number of hydrogen-bond donors (Lipinski definition) is 2. The number of hydrogen-bond acceptors (Lipinski definition) is 4. The lowest BCUT2D eigenvalue weighted by atomic mass is 9.89. The van der Waals surface area contributed by atoms with Gasteiger partial charge in [0.05, 0.1) is 13.7 Å². The number of phenols is 1. The first kappa shape index (κ1) is 17.3. The summed E-state index contributed by atoms with van der Waals surface area (Å²) >= 11 is 0. The average molecular weight is 340 g/mol. The summed E-state index contributed by atoms with van der Waals surface area (Å²) in [7, 11) is 1.68. The van der Waals surface area contributed by atoms with Crippen molar-refractivity contribution in [3.63, 3.8) is 0 Å². The molecular weight excluding hydrogens is 316 g/mol. The van der Waals surface area contributed by atoms with Gasteiger partial charge in [0.15, 0.2) is 0 Å². The fourth-order valence-electron chi connectivity index (χ4n) is 3.49. The van der Waals surface area contributed by atoms with Gasteiger partial charge in [0.2, 0.25) is 5.91 Å². The second-order valence-corrected chi connectivity index (χ2v) is 6.56. The maximum absolute atomic E-state index is 12.4. The number of fused-ring (bicyclic) bond motifs is 1. The Bertz CT molecular complexity index is 758. The Kier molecular flexibility index (Phi) is 4.95. The summed E-state index contributed by atoms with van der Waals surface area (Å²) in [4.78, 5) is 14.6. The van der Waals surface area contributed by atoms with Crippen LogP contribution >= 0.6 is 0 Å². The molecule has 0 spiro atoms.